The minimum atomic E-state index is 0.0205. The van der Waals surface area contributed by atoms with Gasteiger partial charge in [-0.15, -0.1) is 22.7 Å². The first kappa shape index (κ1) is 14.7. The molecule has 0 aromatic carbocycles. The molecule has 5 heteroatoms. The van der Waals surface area contributed by atoms with Gasteiger partial charge in [-0.3, -0.25) is 4.79 Å². The number of furan rings is 1. The van der Waals surface area contributed by atoms with Gasteiger partial charge in [0.2, 0.25) is 0 Å². The summed E-state index contributed by atoms with van der Waals surface area (Å²) in [4.78, 5) is 17.8. The van der Waals surface area contributed by atoms with Gasteiger partial charge < -0.3 is 9.32 Å². The lowest BCUT2D eigenvalue weighted by Crippen LogP contribution is -2.39. The molecule has 0 spiro atoms. The van der Waals surface area contributed by atoms with Crippen LogP contribution >= 0.6 is 22.7 Å². The van der Waals surface area contributed by atoms with Gasteiger partial charge in [-0.05, 0) is 54.8 Å². The molecule has 0 fully saturated rings. The molecular weight excluding hydrogens is 326 g/mol. The van der Waals surface area contributed by atoms with Gasteiger partial charge >= 0.3 is 0 Å². The van der Waals surface area contributed by atoms with E-state index in [9.17, 15) is 4.79 Å². The lowest BCUT2D eigenvalue weighted by atomic mass is 9.97. The van der Waals surface area contributed by atoms with Crippen LogP contribution in [0.3, 0.4) is 0 Å². The fourth-order valence-electron chi connectivity index (χ4n) is 3.29. The van der Waals surface area contributed by atoms with Gasteiger partial charge in [0.15, 0.2) is 0 Å². The number of rotatable bonds is 2. The van der Waals surface area contributed by atoms with Gasteiger partial charge in [-0.25, -0.2) is 0 Å². The number of fused-ring (bicyclic) bond motifs is 1. The van der Waals surface area contributed by atoms with Crippen molar-refractivity contribution in [2.24, 2.45) is 0 Å². The molecule has 1 unspecified atom stereocenters. The smallest absolute Gasteiger partial charge is 0.258 e. The maximum atomic E-state index is 13.1. The normalized spacial score (nSPS) is 17.3. The van der Waals surface area contributed by atoms with E-state index in [1.807, 2.05) is 24.8 Å². The molecule has 4 rings (SSSR count). The highest BCUT2D eigenvalue weighted by molar-refractivity contribution is 7.10. The van der Waals surface area contributed by atoms with E-state index in [1.165, 1.54) is 15.3 Å². The van der Waals surface area contributed by atoms with E-state index in [0.29, 0.717) is 11.3 Å². The Morgan fingerprint density at radius 1 is 1.26 bits per heavy atom. The van der Waals surface area contributed by atoms with E-state index in [2.05, 4.69) is 29.0 Å². The lowest BCUT2D eigenvalue weighted by Gasteiger charge is -2.35. The summed E-state index contributed by atoms with van der Waals surface area (Å²) in [6.07, 6.45) is 0.927. The van der Waals surface area contributed by atoms with Crippen LogP contribution in [0.1, 0.15) is 43.2 Å². The largest absolute Gasteiger partial charge is 0.466 e. The molecule has 1 aliphatic rings. The highest BCUT2D eigenvalue weighted by Crippen LogP contribution is 2.40. The van der Waals surface area contributed by atoms with Crippen molar-refractivity contribution in [2.45, 2.75) is 26.3 Å². The molecule has 0 aliphatic carbocycles. The van der Waals surface area contributed by atoms with Crippen molar-refractivity contribution in [3.8, 4) is 0 Å². The Labute approximate surface area is 143 Å². The fourth-order valence-corrected chi connectivity index (χ4v) is 5.05. The predicted octanol–water partition coefficient (Wildman–Crippen LogP) is 4.81. The number of nitrogens with zero attached hydrogens (tertiary/aromatic N) is 1. The van der Waals surface area contributed by atoms with Crippen LogP contribution in [0.2, 0.25) is 0 Å². The van der Waals surface area contributed by atoms with Crippen LogP contribution in [0.4, 0.5) is 0 Å². The highest BCUT2D eigenvalue weighted by Gasteiger charge is 2.34. The maximum Gasteiger partial charge on any atom is 0.258 e. The molecule has 23 heavy (non-hydrogen) atoms. The third-order valence-corrected chi connectivity index (χ3v) is 6.23. The van der Waals surface area contributed by atoms with E-state index in [-0.39, 0.29) is 11.9 Å². The van der Waals surface area contributed by atoms with Gasteiger partial charge in [0.25, 0.3) is 5.91 Å². The summed E-state index contributed by atoms with van der Waals surface area (Å²) >= 11 is 3.50. The van der Waals surface area contributed by atoms with Crippen molar-refractivity contribution in [3.05, 3.63) is 67.4 Å². The molecule has 118 valence electrons. The van der Waals surface area contributed by atoms with Gasteiger partial charge in [-0.1, -0.05) is 6.07 Å². The van der Waals surface area contributed by atoms with Crippen molar-refractivity contribution in [3.63, 3.8) is 0 Å². The minimum absolute atomic E-state index is 0.0205. The van der Waals surface area contributed by atoms with Gasteiger partial charge in [0, 0.05) is 16.3 Å². The number of carbonyl (C=O) groups is 1. The zero-order valence-corrected chi connectivity index (χ0v) is 14.7. The molecule has 3 nitrogen and oxygen atoms in total. The maximum absolute atomic E-state index is 13.1. The molecule has 3 aromatic rings. The summed E-state index contributed by atoms with van der Waals surface area (Å²) in [5.74, 6) is 1.55. The third-order valence-electron chi connectivity index (χ3n) is 4.31. The van der Waals surface area contributed by atoms with E-state index in [0.717, 1.165) is 18.7 Å². The minimum Gasteiger partial charge on any atom is -0.466 e. The van der Waals surface area contributed by atoms with Gasteiger partial charge in [0.1, 0.15) is 11.5 Å². The Kier molecular flexibility index (Phi) is 3.62. The van der Waals surface area contributed by atoms with E-state index >= 15 is 0 Å². The Morgan fingerprint density at radius 3 is 2.83 bits per heavy atom. The number of thiophene rings is 2. The summed E-state index contributed by atoms with van der Waals surface area (Å²) in [6.45, 7) is 4.49. The van der Waals surface area contributed by atoms with Crippen LogP contribution in [-0.4, -0.2) is 17.4 Å². The van der Waals surface area contributed by atoms with Crippen molar-refractivity contribution in [2.75, 3.05) is 6.54 Å². The molecule has 3 aromatic heterocycles. The first-order valence-electron chi connectivity index (χ1n) is 7.63. The average molecular weight is 343 g/mol. The summed E-state index contributed by atoms with van der Waals surface area (Å²) in [7, 11) is 0. The van der Waals surface area contributed by atoms with Gasteiger partial charge in [0.05, 0.1) is 11.6 Å². The standard InChI is InChI=1S/C18H17NO2S2/c1-11-10-14(12(2)21-11)18(20)19-7-5-15-13(6-9-23-15)17(19)16-4-3-8-22-16/h3-4,6,8-10,17H,5,7H2,1-2H3. The molecule has 0 saturated carbocycles. The molecule has 4 heterocycles. The van der Waals surface area contributed by atoms with Crippen LogP contribution in [0.15, 0.2) is 39.4 Å². The van der Waals surface area contributed by atoms with Crippen LogP contribution in [0.5, 0.6) is 0 Å². The zero-order valence-electron chi connectivity index (χ0n) is 13.0. The van der Waals surface area contributed by atoms with E-state index in [4.69, 9.17) is 4.42 Å². The van der Waals surface area contributed by atoms with Crippen LogP contribution in [0, 0.1) is 13.8 Å². The SMILES string of the molecule is Cc1cc(C(=O)N2CCc3sccc3C2c2cccs2)c(C)o1. The topological polar surface area (TPSA) is 33.5 Å². The summed E-state index contributed by atoms with van der Waals surface area (Å²) < 4.78 is 5.56. The predicted molar refractivity (Wildman–Crippen MR) is 93.4 cm³/mol. The van der Waals surface area contributed by atoms with Crippen LogP contribution < -0.4 is 0 Å². The summed E-state index contributed by atoms with van der Waals surface area (Å²) in [5.41, 5.74) is 1.96. The first-order valence-corrected chi connectivity index (χ1v) is 9.38. The Morgan fingerprint density at radius 2 is 2.13 bits per heavy atom. The Bertz CT molecular complexity index is 844. The Hall–Kier alpha value is -1.85. The third kappa shape index (κ3) is 2.44. The Balaban J connectivity index is 1.78. The van der Waals surface area contributed by atoms with E-state index in [1.54, 1.807) is 22.7 Å². The molecule has 1 aliphatic heterocycles. The van der Waals surface area contributed by atoms with E-state index < -0.39 is 0 Å². The molecule has 0 N–H and O–H groups in total. The van der Waals surface area contributed by atoms with Crippen molar-refractivity contribution in [1.82, 2.24) is 4.90 Å². The van der Waals surface area contributed by atoms with Gasteiger partial charge in [-0.2, -0.15) is 0 Å². The average Bonchev–Trinajstić information content (AvgIpc) is 3.25. The molecule has 1 atom stereocenters. The number of aryl methyl sites for hydroxylation is 2. The lowest BCUT2D eigenvalue weighted by molar-refractivity contribution is 0.0697. The summed E-state index contributed by atoms with van der Waals surface area (Å²) in [6, 6.07) is 8.21. The zero-order chi connectivity index (χ0) is 16.0. The highest BCUT2D eigenvalue weighted by atomic mass is 32.1. The second kappa shape index (κ2) is 5.65. The molecule has 0 saturated heterocycles. The molecular formula is C18H17NO2S2. The van der Waals surface area contributed by atoms with Crippen LogP contribution in [0.25, 0.3) is 0 Å². The number of amides is 1. The number of carbonyl (C=O) groups excluding carboxylic acids is 1. The molecule has 1 amide bonds. The number of hydrogen-bond acceptors (Lipinski definition) is 4. The first-order chi connectivity index (χ1) is 11.1. The monoisotopic (exact) mass is 343 g/mol. The quantitative estimate of drug-likeness (QED) is 0.669. The summed E-state index contributed by atoms with van der Waals surface area (Å²) in [5, 5.41) is 4.21. The second-order valence-electron chi connectivity index (χ2n) is 5.79. The second-order valence-corrected chi connectivity index (χ2v) is 7.77. The van der Waals surface area contributed by atoms with Crippen LogP contribution in [-0.2, 0) is 6.42 Å². The number of hydrogen-bond donors (Lipinski definition) is 0. The van der Waals surface area contributed by atoms with Crippen molar-refractivity contribution >= 4 is 28.6 Å². The van der Waals surface area contributed by atoms with Crippen molar-refractivity contribution < 1.29 is 9.21 Å². The molecule has 0 bridgehead atoms. The van der Waals surface area contributed by atoms with Crippen molar-refractivity contribution in [1.29, 1.82) is 0 Å². The fraction of sp³-hybridized carbons (Fsp3) is 0.278. The molecule has 0 radical (unpaired) electrons.